The molecule has 0 aliphatic carbocycles. The van der Waals surface area contributed by atoms with E-state index in [1.807, 2.05) is 10.8 Å². The molecule has 0 spiro atoms. The van der Waals surface area contributed by atoms with E-state index in [9.17, 15) is 13.2 Å². The molecule has 0 bridgehead atoms. The van der Waals surface area contributed by atoms with Crippen molar-refractivity contribution >= 4 is 0 Å². The Kier molecular flexibility index (Phi) is 5.49. The molecule has 0 amide bonds. The molecule has 3 rings (SSSR count). The molecule has 2 aromatic carbocycles. The van der Waals surface area contributed by atoms with Gasteiger partial charge in [0.25, 0.3) is 0 Å². The van der Waals surface area contributed by atoms with Gasteiger partial charge < -0.3 is 4.74 Å². The van der Waals surface area contributed by atoms with Crippen LogP contribution in [0.25, 0.3) is 17.1 Å². The molecular weight excluding hydrogens is 365 g/mol. The fourth-order valence-electron chi connectivity index (χ4n) is 3.29. The molecule has 0 unspecified atom stereocenters. The van der Waals surface area contributed by atoms with E-state index in [0.717, 1.165) is 5.69 Å². The average Bonchev–Trinajstić information content (AvgIpc) is 3.09. The molecule has 0 aliphatic rings. The van der Waals surface area contributed by atoms with Gasteiger partial charge >= 0.3 is 6.36 Å². The second kappa shape index (κ2) is 7.70. The zero-order valence-corrected chi connectivity index (χ0v) is 16.3. The fourth-order valence-corrected chi connectivity index (χ4v) is 3.29. The lowest BCUT2D eigenvalue weighted by molar-refractivity contribution is -0.274. The second-order valence-electron chi connectivity index (χ2n) is 7.29. The number of imidazole rings is 1. The normalized spacial score (nSPS) is 12.0. The smallest absolute Gasteiger partial charge is 0.406 e. The summed E-state index contributed by atoms with van der Waals surface area (Å²) in [4.78, 5) is 4.47. The van der Waals surface area contributed by atoms with Gasteiger partial charge in [-0.2, -0.15) is 0 Å². The Bertz CT molecular complexity index is 915. The standard InChI is InChI=1S/C22H23F3N2O/c1-14(2)18-6-5-7-19(15(3)4)20(18)27-13-12-26-21(27)16-8-10-17(11-9-16)28-22(23,24)25/h5-15H,1-4H3. The summed E-state index contributed by atoms with van der Waals surface area (Å²) in [5, 5.41) is 0. The minimum atomic E-state index is -4.71. The lowest BCUT2D eigenvalue weighted by Gasteiger charge is -2.21. The largest absolute Gasteiger partial charge is 0.573 e. The average molecular weight is 388 g/mol. The highest BCUT2D eigenvalue weighted by Crippen LogP contribution is 2.34. The van der Waals surface area contributed by atoms with Crippen LogP contribution in [0.2, 0.25) is 0 Å². The summed E-state index contributed by atoms with van der Waals surface area (Å²) >= 11 is 0. The molecule has 0 aliphatic heterocycles. The zero-order valence-electron chi connectivity index (χ0n) is 16.3. The Balaban J connectivity index is 2.09. The van der Waals surface area contributed by atoms with Crippen LogP contribution in [0.5, 0.6) is 5.75 Å². The number of alkyl halides is 3. The van der Waals surface area contributed by atoms with Crippen LogP contribution in [-0.4, -0.2) is 15.9 Å². The lowest BCUT2D eigenvalue weighted by atomic mass is 9.92. The summed E-state index contributed by atoms with van der Waals surface area (Å²) in [5.41, 5.74) is 4.19. The van der Waals surface area contributed by atoms with Gasteiger partial charge in [0.05, 0.1) is 5.69 Å². The highest BCUT2D eigenvalue weighted by atomic mass is 19.4. The molecular formula is C22H23F3N2O. The number of hydrogen-bond acceptors (Lipinski definition) is 2. The predicted molar refractivity (Wildman–Crippen MR) is 104 cm³/mol. The van der Waals surface area contributed by atoms with Crippen LogP contribution in [0.4, 0.5) is 13.2 Å². The second-order valence-corrected chi connectivity index (χ2v) is 7.29. The van der Waals surface area contributed by atoms with E-state index in [0.29, 0.717) is 23.2 Å². The molecule has 0 N–H and O–H groups in total. The summed E-state index contributed by atoms with van der Waals surface area (Å²) in [6.45, 7) is 8.57. The van der Waals surface area contributed by atoms with Crippen molar-refractivity contribution < 1.29 is 17.9 Å². The zero-order chi connectivity index (χ0) is 20.5. The van der Waals surface area contributed by atoms with Gasteiger partial charge in [-0.05, 0) is 47.2 Å². The van der Waals surface area contributed by atoms with Crippen LogP contribution >= 0.6 is 0 Å². The Morgan fingerprint density at radius 3 is 1.96 bits per heavy atom. The molecule has 1 heterocycles. The van der Waals surface area contributed by atoms with Gasteiger partial charge in [-0.1, -0.05) is 45.9 Å². The van der Waals surface area contributed by atoms with Crippen LogP contribution in [0, 0.1) is 0 Å². The van der Waals surface area contributed by atoms with E-state index in [1.54, 1.807) is 18.3 Å². The van der Waals surface area contributed by atoms with E-state index in [4.69, 9.17) is 0 Å². The Labute approximate surface area is 162 Å². The maximum Gasteiger partial charge on any atom is 0.573 e. The SMILES string of the molecule is CC(C)c1cccc(C(C)C)c1-n1ccnc1-c1ccc(OC(F)(F)F)cc1. The number of benzene rings is 2. The van der Waals surface area contributed by atoms with Crippen LogP contribution < -0.4 is 4.74 Å². The van der Waals surface area contributed by atoms with Crippen LogP contribution in [0.1, 0.15) is 50.7 Å². The third-order valence-electron chi connectivity index (χ3n) is 4.57. The maximum atomic E-state index is 12.4. The first kappa shape index (κ1) is 20.0. The number of halogens is 3. The van der Waals surface area contributed by atoms with Crippen molar-refractivity contribution in [1.29, 1.82) is 0 Å². The molecule has 0 saturated heterocycles. The van der Waals surface area contributed by atoms with Gasteiger partial charge in [-0.3, -0.25) is 4.57 Å². The molecule has 0 saturated carbocycles. The summed E-state index contributed by atoms with van der Waals surface area (Å²) < 4.78 is 43.2. The number of rotatable bonds is 5. The quantitative estimate of drug-likeness (QED) is 0.487. The Morgan fingerprint density at radius 1 is 0.893 bits per heavy atom. The van der Waals surface area contributed by atoms with Crippen molar-refractivity contribution in [2.24, 2.45) is 0 Å². The maximum absolute atomic E-state index is 12.4. The molecule has 0 atom stereocenters. The first-order chi connectivity index (χ1) is 13.2. The van der Waals surface area contributed by atoms with E-state index in [2.05, 4.69) is 55.6 Å². The Hall–Kier alpha value is -2.76. The molecule has 1 aromatic heterocycles. The van der Waals surface area contributed by atoms with Crippen molar-refractivity contribution in [1.82, 2.24) is 9.55 Å². The minimum Gasteiger partial charge on any atom is -0.406 e. The van der Waals surface area contributed by atoms with E-state index in [-0.39, 0.29) is 5.75 Å². The van der Waals surface area contributed by atoms with Gasteiger partial charge in [-0.15, -0.1) is 13.2 Å². The first-order valence-corrected chi connectivity index (χ1v) is 9.20. The molecule has 6 heteroatoms. The fraction of sp³-hybridized carbons (Fsp3) is 0.318. The van der Waals surface area contributed by atoms with Crippen molar-refractivity contribution in [3.8, 4) is 22.8 Å². The van der Waals surface area contributed by atoms with Gasteiger partial charge in [0, 0.05) is 18.0 Å². The van der Waals surface area contributed by atoms with E-state index < -0.39 is 6.36 Å². The minimum absolute atomic E-state index is 0.250. The van der Waals surface area contributed by atoms with Gasteiger partial charge in [0.1, 0.15) is 11.6 Å². The van der Waals surface area contributed by atoms with Crippen LogP contribution in [-0.2, 0) is 0 Å². The van der Waals surface area contributed by atoms with E-state index in [1.165, 1.54) is 23.3 Å². The van der Waals surface area contributed by atoms with Crippen LogP contribution in [0.15, 0.2) is 54.9 Å². The third kappa shape index (κ3) is 4.21. The lowest BCUT2D eigenvalue weighted by Crippen LogP contribution is -2.17. The van der Waals surface area contributed by atoms with Crippen molar-refractivity contribution in [3.05, 3.63) is 66.0 Å². The summed E-state index contributed by atoms with van der Waals surface area (Å²) in [7, 11) is 0. The monoisotopic (exact) mass is 388 g/mol. The number of nitrogens with zero attached hydrogens (tertiary/aromatic N) is 2. The predicted octanol–water partition coefficient (Wildman–Crippen LogP) is 6.68. The molecule has 28 heavy (non-hydrogen) atoms. The third-order valence-corrected chi connectivity index (χ3v) is 4.57. The van der Waals surface area contributed by atoms with Crippen LogP contribution in [0.3, 0.4) is 0 Å². The van der Waals surface area contributed by atoms with Crippen molar-refractivity contribution in [3.63, 3.8) is 0 Å². The van der Waals surface area contributed by atoms with Gasteiger partial charge in [-0.25, -0.2) is 4.98 Å². The van der Waals surface area contributed by atoms with Crippen molar-refractivity contribution in [2.75, 3.05) is 0 Å². The number of para-hydroxylation sites is 1. The summed E-state index contributed by atoms with van der Waals surface area (Å²) in [6.07, 6.45) is -1.11. The summed E-state index contributed by atoms with van der Waals surface area (Å²) in [6, 6.07) is 12.1. The number of ether oxygens (including phenoxy) is 1. The summed E-state index contributed by atoms with van der Waals surface area (Å²) in [5.74, 6) is 1.05. The Morgan fingerprint density at radius 2 is 1.46 bits per heavy atom. The number of hydrogen-bond donors (Lipinski definition) is 0. The molecule has 0 fully saturated rings. The van der Waals surface area contributed by atoms with Gasteiger partial charge in [0.2, 0.25) is 0 Å². The molecule has 3 nitrogen and oxygen atoms in total. The molecule has 3 aromatic rings. The highest BCUT2D eigenvalue weighted by molar-refractivity contribution is 5.63. The topological polar surface area (TPSA) is 27.1 Å². The molecule has 148 valence electrons. The van der Waals surface area contributed by atoms with E-state index >= 15 is 0 Å². The first-order valence-electron chi connectivity index (χ1n) is 9.20. The molecule has 0 radical (unpaired) electrons. The highest BCUT2D eigenvalue weighted by Gasteiger charge is 2.31. The number of aromatic nitrogens is 2. The van der Waals surface area contributed by atoms with Gasteiger partial charge in [0.15, 0.2) is 0 Å². The van der Waals surface area contributed by atoms with Crippen molar-refractivity contribution in [2.45, 2.75) is 45.9 Å².